The zero-order chi connectivity index (χ0) is 13.1. The number of ether oxygens (including phenoxy) is 1. The lowest BCUT2D eigenvalue weighted by molar-refractivity contribution is 0.419. The molecule has 4 nitrogen and oxygen atoms in total. The van der Waals surface area contributed by atoms with Crippen LogP contribution in [-0.4, -0.2) is 16.2 Å². The number of hydrogen-bond acceptors (Lipinski definition) is 5. The summed E-state index contributed by atoms with van der Waals surface area (Å²) in [4.78, 5) is 7.93. The van der Waals surface area contributed by atoms with Crippen molar-refractivity contribution in [2.45, 2.75) is 5.16 Å². The molecule has 0 saturated carbocycles. The van der Waals surface area contributed by atoms with E-state index in [4.69, 9.17) is 10.5 Å². The number of nitrogens with zero attached hydrogens (tertiary/aromatic N) is 2. The third-order valence-corrected chi connectivity index (χ3v) is 2.54. The first kappa shape index (κ1) is 12.6. The van der Waals surface area contributed by atoms with Gasteiger partial charge in [0.15, 0.2) is 16.7 Å². The minimum absolute atomic E-state index is 0.109. The Bertz CT molecular complexity index is 580. The van der Waals surface area contributed by atoms with Gasteiger partial charge in [-0.3, -0.25) is 0 Å². The standard InChI is InChI=1S/C11H9F2N3OS/c1-18-11-15-9(14)5-10(16-11)17-8-3-2-6(12)4-7(8)13/h2-5H,1H3,(H2,14,15,16). The molecule has 0 bridgehead atoms. The van der Waals surface area contributed by atoms with Gasteiger partial charge in [-0.2, -0.15) is 4.98 Å². The number of benzene rings is 1. The van der Waals surface area contributed by atoms with E-state index in [-0.39, 0.29) is 17.4 Å². The van der Waals surface area contributed by atoms with E-state index >= 15 is 0 Å². The average Bonchev–Trinajstić information content (AvgIpc) is 2.32. The molecular weight excluding hydrogens is 260 g/mol. The summed E-state index contributed by atoms with van der Waals surface area (Å²) in [5.41, 5.74) is 5.55. The number of nitrogens with two attached hydrogens (primary N) is 1. The molecule has 0 spiro atoms. The molecule has 0 amide bonds. The Balaban J connectivity index is 2.30. The van der Waals surface area contributed by atoms with Crippen molar-refractivity contribution in [3.05, 3.63) is 35.9 Å². The smallest absolute Gasteiger partial charge is 0.225 e. The van der Waals surface area contributed by atoms with Crippen LogP contribution in [0, 0.1) is 11.6 Å². The minimum Gasteiger partial charge on any atom is -0.436 e. The van der Waals surface area contributed by atoms with Gasteiger partial charge in [0.2, 0.25) is 5.88 Å². The second-order valence-corrected chi connectivity index (χ2v) is 4.07. The molecule has 0 radical (unpaired) electrons. The number of halogens is 2. The molecule has 7 heteroatoms. The molecule has 1 aromatic heterocycles. The fraction of sp³-hybridized carbons (Fsp3) is 0.0909. The molecule has 2 aromatic rings. The molecule has 18 heavy (non-hydrogen) atoms. The Labute approximate surface area is 106 Å². The van der Waals surface area contributed by atoms with Crippen molar-refractivity contribution in [3.8, 4) is 11.6 Å². The third kappa shape index (κ3) is 2.86. The highest BCUT2D eigenvalue weighted by atomic mass is 32.2. The number of rotatable bonds is 3. The van der Waals surface area contributed by atoms with E-state index in [1.807, 2.05) is 0 Å². The molecule has 0 unspecified atom stereocenters. The maximum atomic E-state index is 13.4. The highest BCUT2D eigenvalue weighted by Gasteiger charge is 2.09. The molecule has 0 aliphatic rings. The van der Waals surface area contributed by atoms with Gasteiger partial charge in [-0.15, -0.1) is 0 Å². The van der Waals surface area contributed by atoms with Gasteiger partial charge in [-0.05, 0) is 18.4 Å². The molecule has 0 aliphatic heterocycles. The molecule has 0 fully saturated rings. The number of thioether (sulfide) groups is 1. The number of aromatic nitrogens is 2. The summed E-state index contributed by atoms with van der Waals surface area (Å²) in [5.74, 6) is -1.28. The van der Waals surface area contributed by atoms with Crippen LogP contribution in [0.5, 0.6) is 11.6 Å². The molecule has 2 N–H and O–H groups in total. The van der Waals surface area contributed by atoms with Gasteiger partial charge >= 0.3 is 0 Å². The third-order valence-electron chi connectivity index (χ3n) is 1.99. The number of nitrogen functional groups attached to an aromatic ring is 1. The molecule has 0 saturated heterocycles. The van der Waals surface area contributed by atoms with Crippen LogP contribution >= 0.6 is 11.8 Å². The highest BCUT2D eigenvalue weighted by molar-refractivity contribution is 7.98. The summed E-state index contributed by atoms with van der Waals surface area (Å²) in [7, 11) is 0. The molecular formula is C11H9F2N3OS. The van der Waals surface area contributed by atoms with Crippen molar-refractivity contribution in [2.24, 2.45) is 0 Å². The Morgan fingerprint density at radius 1 is 1.22 bits per heavy atom. The molecule has 0 aliphatic carbocycles. The summed E-state index contributed by atoms with van der Waals surface area (Å²) >= 11 is 1.28. The minimum atomic E-state index is -0.808. The van der Waals surface area contributed by atoms with Gasteiger partial charge < -0.3 is 10.5 Å². The Morgan fingerprint density at radius 3 is 2.67 bits per heavy atom. The van der Waals surface area contributed by atoms with Crippen LogP contribution in [0.2, 0.25) is 0 Å². The van der Waals surface area contributed by atoms with E-state index in [0.717, 1.165) is 12.1 Å². The van der Waals surface area contributed by atoms with Gasteiger partial charge in [0.05, 0.1) is 0 Å². The first-order chi connectivity index (χ1) is 8.58. The van der Waals surface area contributed by atoms with E-state index in [1.165, 1.54) is 23.9 Å². The van der Waals surface area contributed by atoms with Crippen LogP contribution in [0.15, 0.2) is 29.4 Å². The summed E-state index contributed by atoms with van der Waals surface area (Å²) in [6, 6.07) is 4.37. The van der Waals surface area contributed by atoms with E-state index in [0.29, 0.717) is 5.16 Å². The normalized spacial score (nSPS) is 10.4. The molecule has 1 aromatic carbocycles. The molecule has 94 valence electrons. The zero-order valence-corrected chi connectivity index (χ0v) is 10.2. The van der Waals surface area contributed by atoms with Crippen molar-refractivity contribution in [1.82, 2.24) is 9.97 Å². The van der Waals surface area contributed by atoms with Crippen LogP contribution in [0.25, 0.3) is 0 Å². The maximum absolute atomic E-state index is 13.4. The topological polar surface area (TPSA) is 61.0 Å². The lowest BCUT2D eigenvalue weighted by Crippen LogP contribution is -1.98. The maximum Gasteiger partial charge on any atom is 0.225 e. The van der Waals surface area contributed by atoms with Crippen molar-refractivity contribution in [3.63, 3.8) is 0 Å². The summed E-state index contributed by atoms with van der Waals surface area (Å²) < 4.78 is 31.3. The lowest BCUT2D eigenvalue weighted by Gasteiger charge is -2.07. The van der Waals surface area contributed by atoms with Gasteiger partial charge in [0.1, 0.15) is 11.6 Å². The number of anilines is 1. The second kappa shape index (κ2) is 5.18. The van der Waals surface area contributed by atoms with Gasteiger partial charge in [0.25, 0.3) is 0 Å². The van der Waals surface area contributed by atoms with Gasteiger partial charge in [0, 0.05) is 12.1 Å². The predicted octanol–water partition coefficient (Wildman–Crippen LogP) is 2.85. The fourth-order valence-electron chi connectivity index (χ4n) is 1.23. The quantitative estimate of drug-likeness (QED) is 0.685. The van der Waals surface area contributed by atoms with Crippen molar-refractivity contribution >= 4 is 17.6 Å². The largest absolute Gasteiger partial charge is 0.436 e. The Kier molecular flexibility index (Phi) is 3.61. The van der Waals surface area contributed by atoms with Crippen LogP contribution in [0.4, 0.5) is 14.6 Å². The van der Waals surface area contributed by atoms with Crippen molar-refractivity contribution in [2.75, 3.05) is 12.0 Å². The van der Waals surface area contributed by atoms with Crippen LogP contribution in [0.3, 0.4) is 0 Å². The SMILES string of the molecule is CSc1nc(N)cc(Oc2ccc(F)cc2F)n1. The molecule has 2 rings (SSSR count). The van der Waals surface area contributed by atoms with E-state index in [2.05, 4.69) is 9.97 Å². The predicted molar refractivity (Wildman–Crippen MR) is 64.7 cm³/mol. The Morgan fingerprint density at radius 2 is 2.00 bits per heavy atom. The van der Waals surface area contributed by atoms with Crippen LogP contribution < -0.4 is 10.5 Å². The van der Waals surface area contributed by atoms with Gasteiger partial charge in [-0.1, -0.05) is 11.8 Å². The Hall–Kier alpha value is -1.89. The summed E-state index contributed by atoms with van der Waals surface area (Å²) in [5, 5.41) is 0.410. The van der Waals surface area contributed by atoms with E-state index in [1.54, 1.807) is 6.26 Å². The van der Waals surface area contributed by atoms with E-state index < -0.39 is 11.6 Å². The van der Waals surface area contributed by atoms with Crippen molar-refractivity contribution < 1.29 is 13.5 Å². The zero-order valence-electron chi connectivity index (χ0n) is 9.35. The lowest BCUT2D eigenvalue weighted by atomic mass is 10.3. The fourth-order valence-corrected chi connectivity index (χ4v) is 1.61. The first-order valence-corrected chi connectivity index (χ1v) is 6.12. The van der Waals surface area contributed by atoms with Gasteiger partial charge in [-0.25, -0.2) is 13.8 Å². The molecule has 0 atom stereocenters. The monoisotopic (exact) mass is 269 g/mol. The summed E-state index contributed by atoms with van der Waals surface area (Å²) in [6.45, 7) is 0. The average molecular weight is 269 g/mol. The van der Waals surface area contributed by atoms with Crippen LogP contribution in [0.1, 0.15) is 0 Å². The molecule has 1 heterocycles. The summed E-state index contributed by atoms with van der Waals surface area (Å²) in [6.07, 6.45) is 1.77. The second-order valence-electron chi connectivity index (χ2n) is 3.29. The number of hydrogen-bond donors (Lipinski definition) is 1. The van der Waals surface area contributed by atoms with Crippen LogP contribution in [-0.2, 0) is 0 Å². The van der Waals surface area contributed by atoms with E-state index in [9.17, 15) is 8.78 Å². The first-order valence-electron chi connectivity index (χ1n) is 4.90. The van der Waals surface area contributed by atoms with Crippen molar-refractivity contribution in [1.29, 1.82) is 0 Å². The highest BCUT2D eigenvalue weighted by Crippen LogP contribution is 2.25.